The van der Waals surface area contributed by atoms with E-state index in [0.29, 0.717) is 11.1 Å². The molecule has 49 heavy (non-hydrogen) atoms. The van der Waals surface area contributed by atoms with E-state index in [2.05, 4.69) is 41.4 Å². The average Bonchev–Trinajstić information content (AvgIpc) is 3.69. The zero-order valence-corrected chi connectivity index (χ0v) is 25.6. The summed E-state index contributed by atoms with van der Waals surface area (Å²) in [5, 5.41) is -0.387. The molecule has 0 unspecified atom stereocenters. The van der Waals surface area contributed by atoms with Gasteiger partial charge < -0.3 is 4.42 Å². The van der Waals surface area contributed by atoms with Gasteiger partial charge in [0, 0.05) is 27.5 Å². The molecule has 0 saturated carbocycles. The van der Waals surface area contributed by atoms with E-state index < -0.39 is 72.0 Å². The van der Waals surface area contributed by atoms with Crippen molar-refractivity contribution in [1.82, 2.24) is 15.0 Å². The van der Waals surface area contributed by atoms with E-state index in [1.807, 2.05) is 60.7 Å². The van der Waals surface area contributed by atoms with Crippen LogP contribution in [0.25, 0.3) is 89.5 Å². The smallest absolute Gasteiger partial charge is 0.164 e. The van der Waals surface area contributed by atoms with Crippen LogP contribution in [0.5, 0.6) is 0 Å². The lowest BCUT2D eigenvalue weighted by Gasteiger charge is -2.09. The Kier molecular flexibility index (Phi) is 4.78. The van der Waals surface area contributed by atoms with Crippen molar-refractivity contribution in [3.05, 3.63) is 176 Å². The van der Waals surface area contributed by atoms with Crippen LogP contribution in [0.3, 0.4) is 0 Å². The molecule has 4 nitrogen and oxygen atoms in total. The van der Waals surface area contributed by atoms with E-state index in [9.17, 15) is 4.11 Å². The second-order valence-electron chi connectivity index (χ2n) is 11.2. The van der Waals surface area contributed by atoms with Gasteiger partial charge in [0.25, 0.3) is 0 Å². The molecule has 0 amide bonds. The summed E-state index contributed by atoms with van der Waals surface area (Å²) in [6, 6.07) is 28.4. The summed E-state index contributed by atoms with van der Waals surface area (Å²) < 4.78 is 102. The lowest BCUT2D eigenvalue weighted by Crippen LogP contribution is -2.00. The first-order valence-corrected chi connectivity index (χ1v) is 15.5. The Morgan fingerprint density at radius 1 is 0.388 bits per heavy atom. The molecule has 0 saturated heterocycles. The number of nitrogens with zero attached hydrogens (tertiary/aromatic N) is 3. The van der Waals surface area contributed by atoms with E-state index >= 15 is 0 Å². The molecule has 9 aromatic rings. The summed E-state index contributed by atoms with van der Waals surface area (Å²) in [4.78, 5) is 14.2. The SMILES string of the molecule is [2H]c1c([2H])c([2H])c(-c2c([2H])c([2H])c([2H])c3oc4c([2H])c(-c5nc(-c6ccccc6)nc(-c6ccc(-c7ccc(-c8ccccc8)cc7)cc6)n5)c([2H])c([2H])c4c23)c([2H])c1[2H]. The van der Waals surface area contributed by atoms with Gasteiger partial charge in [-0.1, -0.05) is 158 Å². The minimum absolute atomic E-state index is 0.107. The van der Waals surface area contributed by atoms with E-state index in [4.69, 9.17) is 25.4 Å². The van der Waals surface area contributed by atoms with Crippen molar-refractivity contribution in [2.45, 2.75) is 0 Å². The molecule has 0 aliphatic heterocycles. The van der Waals surface area contributed by atoms with Gasteiger partial charge in [-0.25, -0.2) is 15.0 Å². The first-order valence-electron chi connectivity index (χ1n) is 21.0. The summed E-state index contributed by atoms with van der Waals surface area (Å²) >= 11 is 0. The van der Waals surface area contributed by atoms with Crippen LogP contribution in [-0.2, 0) is 0 Å². The summed E-state index contributed by atoms with van der Waals surface area (Å²) in [6.45, 7) is 0. The minimum Gasteiger partial charge on any atom is -0.456 e. The van der Waals surface area contributed by atoms with Crippen molar-refractivity contribution < 1.29 is 19.5 Å². The van der Waals surface area contributed by atoms with Crippen LogP contribution in [-0.4, -0.2) is 15.0 Å². The Balaban J connectivity index is 1.23. The maximum absolute atomic E-state index is 9.41. The summed E-state index contributed by atoms with van der Waals surface area (Å²) in [6.07, 6.45) is 0. The largest absolute Gasteiger partial charge is 0.456 e. The van der Waals surface area contributed by atoms with E-state index in [1.165, 1.54) is 0 Å². The maximum Gasteiger partial charge on any atom is 0.164 e. The van der Waals surface area contributed by atoms with Gasteiger partial charge >= 0.3 is 0 Å². The molecular weight excluding hydrogens is 599 g/mol. The molecule has 9 rings (SSSR count). The fraction of sp³-hybridized carbons (Fsp3) is 0. The number of fused-ring (bicyclic) bond motifs is 3. The van der Waals surface area contributed by atoms with Crippen LogP contribution in [0.1, 0.15) is 15.1 Å². The number of aromatic nitrogens is 3. The Morgan fingerprint density at radius 2 is 0.898 bits per heavy atom. The highest BCUT2D eigenvalue weighted by Crippen LogP contribution is 2.38. The summed E-state index contributed by atoms with van der Waals surface area (Å²) in [5.74, 6) is 0.361. The van der Waals surface area contributed by atoms with Crippen LogP contribution < -0.4 is 0 Å². The second kappa shape index (κ2) is 12.2. The van der Waals surface area contributed by atoms with E-state index in [0.717, 1.165) is 22.3 Å². The number of furan rings is 1. The molecule has 0 aliphatic carbocycles. The first-order chi connectivity index (χ1) is 28.8. The van der Waals surface area contributed by atoms with Gasteiger partial charge in [-0.2, -0.15) is 0 Å². The lowest BCUT2D eigenvalue weighted by molar-refractivity contribution is 0.669. The second-order valence-corrected chi connectivity index (χ2v) is 11.2. The van der Waals surface area contributed by atoms with Gasteiger partial charge in [-0.15, -0.1) is 0 Å². The van der Waals surface area contributed by atoms with Gasteiger partial charge in [-0.05, 0) is 51.5 Å². The normalized spacial score (nSPS) is 14.4. The standard InChI is InChI=1S/C45H29N3O/c1-4-11-30(12-5-1)31-19-21-32(22-20-31)33-23-25-36(26-24-33)44-46-43(35-15-8-3-9-16-35)47-45(48-44)37-27-28-39-41(29-37)49-40-18-10-17-38(42(39)40)34-13-6-2-7-14-34/h1-29H/i2D,6D,7D,10D,13D,14D,17D,18D,27D,28D,29D. The predicted octanol–water partition coefficient (Wildman–Crippen LogP) is 11.8. The van der Waals surface area contributed by atoms with Crippen LogP contribution in [0.15, 0.2) is 180 Å². The Bertz CT molecular complexity index is 3170. The molecule has 0 spiro atoms. The van der Waals surface area contributed by atoms with Crippen LogP contribution in [0.4, 0.5) is 0 Å². The van der Waals surface area contributed by atoms with Crippen molar-refractivity contribution in [2.24, 2.45) is 0 Å². The van der Waals surface area contributed by atoms with Gasteiger partial charge in [0.15, 0.2) is 17.5 Å². The van der Waals surface area contributed by atoms with Crippen molar-refractivity contribution in [3.8, 4) is 67.5 Å². The molecule has 0 fully saturated rings. The lowest BCUT2D eigenvalue weighted by atomic mass is 9.99. The molecule has 0 N–H and O–H groups in total. The van der Waals surface area contributed by atoms with Crippen LogP contribution in [0, 0.1) is 0 Å². The molecule has 0 radical (unpaired) electrons. The first kappa shape index (κ1) is 19.2. The minimum atomic E-state index is -0.685. The predicted molar refractivity (Wildman–Crippen MR) is 200 cm³/mol. The van der Waals surface area contributed by atoms with Crippen molar-refractivity contribution in [3.63, 3.8) is 0 Å². The monoisotopic (exact) mass is 638 g/mol. The van der Waals surface area contributed by atoms with Crippen LogP contribution >= 0.6 is 0 Å². The molecule has 2 aromatic heterocycles. The molecule has 230 valence electrons. The van der Waals surface area contributed by atoms with Gasteiger partial charge in [0.05, 0.1) is 15.1 Å². The molecule has 4 heteroatoms. The average molecular weight is 639 g/mol. The fourth-order valence-corrected chi connectivity index (χ4v) is 5.75. The zero-order chi connectivity index (χ0) is 42.1. The van der Waals surface area contributed by atoms with Crippen molar-refractivity contribution >= 4 is 21.9 Å². The highest BCUT2D eigenvalue weighted by molar-refractivity contribution is 6.13. The molecule has 0 atom stereocenters. The van der Waals surface area contributed by atoms with E-state index in [-0.39, 0.29) is 50.5 Å². The third kappa shape index (κ3) is 5.45. The topological polar surface area (TPSA) is 51.8 Å². The third-order valence-electron chi connectivity index (χ3n) is 8.18. The number of benzene rings is 7. The fourth-order valence-electron chi connectivity index (χ4n) is 5.75. The highest BCUT2D eigenvalue weighted by atomic mass is 16.3. The van der Waals surface area contributed by atoms with Crippen LogP contribution in [0.2, 0.25) is 0 Å². The third-order valence-corrected chi connectivity index (χ3v) is 8.18. The van der Waals surface area contributed by atoms with Gasteiger partial charge in [0.1, 0.15) is 11.2 Å². The zero-order valence-electron chi connectivity index (χ0n) is 36.6. The van der Waals surface area contributed by atoms with Crippen molar-refractivity contribution in [1.29, 1.82) is 0 Å². The quantitative estimate of drug-likeness (QED) is 0.182. The molecule has 0 bridgehead atoms. The Labute approximate surface area is 299 Å². The van der Waals surface area contributed by atoms with E-state index in [1.54, 1.807) is 12.1 Å². The molecule has 2 heterocycles. The molecule has 7 aromatic carbocycles. The maximum atomic E-state index is 9.41. The molecular formula is C45H29N3O. The van der Waals surface area contributed by atoms with Gasteiger partial charge in [-0.3, -0.25) is 0 Å². The molecule has 0 aliphatic rings. The number of hydrogen-bond acceptors (Lipinski definition) is 4. The number of rotatable bonds is 6. The van der Waals surface area contributed by atoms with Gasteiger partial charge in [0.2, 0.25) is 0 Å². The Morgan fingerprint density at radius 3 is 1.51 bits per heavy atom. The highest BCUT2D eigenvalue weighted by Gasteiger charge is 2.16. The van der Waals surface area contributed by atoms with Crippen molar-refractivity contribution in [2.75, 3.05) is 0 Å². The summed E-state index contributed by atoms with van der Waals surface area (Å²) in [5.41, 5.74) is 3.81. The number of hydrogen-bond donors (Lipinski definition) is 0. The summed E-state index contributed by atoms with van der Waals surface area (Å²) in [7, 11) is 0. The Hall–Kier alpha value is -6.65.